The predicted molar refractivity (Wildman–Crippen MR) is 105 cm³/mol. The van der Waals surface area contributed by atoms with Gasteiger partial charge in [0.25, 0.3) is 0 Å². The number of benzene rings is 2. The molecule has 1 aromatic heterocycles. The smallest absolute Gasteiger partial charge is 0.227 e. The van der Waals surface area contributed by atoms with Gasteiger partial charge < -0.3 is 5.32 Å². The minimum atomic E-state index is -0.0795. The van der Waals surface area contributed by atoms with Gasteiger partial charge in [-0.15, -0.1) is 0 Å². The molecule has 3 aromatic rings. The molecule has 0 aliphatic heterocycles. The Morgan fingerprint density at radius 1 is 1.08 bits per heavy atom. The first-order valence-corrected chi connectivity index (χ1v) is 9.08. The van der Waals surface area contributed by atoms with Crippen molar-refractivity contribution in [3.05, 3.63) is 78.1 Å². The van der Waals surface area contributed by atoms with Crippen molar-refractivity contribution < 1.29 is 4.79 Å². The van der Waals surface area contributed by atoms with Crippen molar-refractivity contribution in [2.75, 3.05) is 6.54 Å². The average molecular weight is 347 g/mol. The van der Waals surface area contributed by atoms with Gasteiger partial charge in [0, 0.05) is 25.4 Å². The molecule has 4 heteroatoms. The fraction of sp³-hybridized carbons (Fsp3) is 0.273. The first kappa shape index (κ1) is 17.9. The van der Waals surface area contributed by atoms with Gasteiger partial charge in [0.2, 0.25) is 5.91 Å². The number of carbonyl (C=O) groups is 1. The summed E-state index contributed by atoms with van der Waals surface area (Å²) in [5.74, 6) is 0.0230. The van der Waals surface area contributed by atoms with Gasteiger partial charge in [0.15, 0.2) is 0 Å². The van der Waals surface area contributed by atoms with Crippen LogP contribution < -0.4 is 5.32 Å². The number of nitrogens with zero attached hydrogens (tertiary/aromatic N) is 2. The van der Waals surface area contributed by atoms with E-state index < -0.39 is 0 Å². The molecule has 0 bridgehead atoms. The number of aryl methyl sites for hydroxylation is 1. The van der Waals surface area contributed by atoms with E-state index in [0.717, 1.165) is 29.5 Å². The number of rotatable bonds is 7. The highest BCUT2D eigenvalue weighted by molar-refractivity contribution is 5.83. The molecule has 2 aromatic carbocycles. The third-order valence-corrected chi connectivity index (χ3v) is 4.63. The van der Waals surface area contributed by atoms with Crippen molar-refractivity contribution in [3.8, 4) is 11.1 Å². The molecule has 1 heterocycles. The summed E-state index contributed by atoms with van der Waals surface area (Å²) in [6.07, 6.45) is 5.49. The van der Waals surface area contributed by atoms with E-state index in [-0.39, 0.29) is 11.8 Å². The van der Waals surface area contributed by atoms with Crippen LogP contribution in [0.1, 0.15) is 30.4 Å². The topological polar surface area (TPSA) is 46.9 Å². The van der Waals surface area contributed by atoms with Gasteiger partial charge >= 0.3 is 0 Å². The lowest BCUT2D eigenvalue weighted by molar-refractivity contribution is -0.122. The molecule has 0 radical (unpaired) electrons. The van der Waals surface area contributed by atoms with E-state index in [1.165, 1.54) is 5.56 Å². The van der Waals surface area contributed by atoms with Crippen molar-refractivity contribution in [2.24, 2.45) is 7.05 Å². The van der Waals surface area contributed by atoms with Crippen molar-refractivity contribution in [2.45, 2.75) is 25.7 Å². The van der Waals surface area contributed by atoms with E-state index in [0.29, 0.717) is 6.54 Å². The van der Waals surface area contributed by atoms with E-state index >= 15 is 0 Å². The lowest BCUT2D eigenvalue weighted by Crippen LogP contribution is -2.30. The van der Waals surface area contributed by atoms with E-state index in [1.54, 1.807) is 4.68 Å². The summed E-state index contributed by atoms with van der Waals surface area (Å²) in [4.78, 5) is 12.5. The minimum Gasteiger partial charge on any atom is -0.355 e. The fourth-order valence-electron chi connectivity index (χ4n) is 3.15. The quantitative estimate of drug-likeness (QED) is 0.704. The Bertz CT molecular complexity index is 837. The molecule has 1 N–H and O–H groups in total. The Morgan fingerprint density at radius 3 is 2.42 bits per heavy atom. The number of hydrogen-bond donors (Lipinski definition) is 1. The van der Waals surface area contributed by atoms with E-state index in [4.69, 9.17) is 0 Å². The van der Waals surface area contributed by atoms with Crippen LogP contribution >= 0.6 is 0 Å². The van der Waals surface area contributed by atoms with Gasteiger partial charge in [-0.2, -0.15) is 5.10 Å². The Balaban J connectivity index is 1.53. The Hall–Kier alpha value is -2.88. The van der Waals surface area contributed by atoms with Crippen LogP contribution in [0, 0.1) is 0 Å². The predicted octanol–water partition coefficient (Wildman–Crippen LogP) is 3.94. The van der Waals surface area contributed by atoms with Crippen molar-refractivity contribution in [1.82, 2.24) is 15.1 Å². The molecule has 26 heavy (non-hydrogen) atoms. The summed E-state index contributed by atoms with van der Waals surface area (Å²) >= 11 is 0. The van der Waals surface area contributed by atoms with Gasteiger partial charge in [-0.1, -0.05) is 61.5 Å². The van der Waals surface area contributed by atoms with Crippen LogP contribution in [0.4, 0.5) is 0 Å². The first-order valence-electron chi connectivity index (χ1n) is 9.08. The SMILES string of the molecule is CCC(C(=O)NCCc1ccc(-c2cnn(C)c2)cc1)c1ccccc1. The summed E-state index contributed by atoms with van der Waals surface area (Å²) in [6.45, 7) is 2.70. The summed E-state index contributed by atoms with van der Waals surface area (Å²) < 4.78 is 1.80. The highest BCUT2D eigenvalue weighted by atomic mass is 16.1. The van der Waals surface area contributed by atoms with Crippen LogP contribution in [-0.4, -0.2) is 22.2 Å². The van der Waals surface area contributed by atoms with E-state index in [9.17, 15) is 4.79 Å². The number of carbonyl (C=O) groups excluding carboxylic acids is 1. The molecule has 0 aliphatic rings. The maximum absolute atomic E-state index is 12.5. The Morgan fingerprint density at radius 2 is 1.81 bits per heavy atom. The molecule has 0 aliphatic carbocycles. The molecule has 1 unspecified atom stereocenters. The maximum atomic E-state index is 12.5. The van der Waals surface area contributed by atoms with Crippen molar-refractivity contribution in [3.63, 3.8) is 0 Å². The lowest BCUT2D eigenvalue weighted by atomic mass is 9.95. The zero-order valence-electron chi connectivity index (χ0n) is 15.4. The second-order valence-electron chi connectivity index (χ2n) is 6.51. The Labute approximate surface area is 154 Å². The largest absolute Gasteiger partial charge is 0.355 e. The second kappa shape index (κ2) is 8.48. The molecule has 0 saturated carbocycles. The third kappa shape index (κ3) is 4.39. The first-order chi connectivity index (χ1) is 12.7. The number of amides is 1. The molecule has 134 valence electrons. The molecule has 0 fully saturated rings. The highest BCUT2D eigenvalue weighted by Crippen LogP contribution is 2.20. The lowest BCUT2D eigenvalue weighted by Gasteiger charge is -2.15. The maximum Gasteiger partial charge on any atom is 0.227 e. The summed E-state index contributed by atoms with van der Waals surface area (Å²) in [5, 5.41) is 7.28. The molecule has 0 spiro atoms. The molecule has 1 amide bonds. The monoisotopic (exact) mass is 347 g/mol. The average Bonchev–Trinajstić information content (AvgIpc) is 3.10. The summed E-state index contributed by atoms with van der Waals surface area (Å²) in [5.41, 5.74) is 4.56. The normalized spacial score (nSPS) is 11.9. The van der Waals surface area contributed by atoms with Gasteiger partial charge in [-0.05, 0) is 29.5 Å². The zero-order valence-corrected chi connectivity index (χ0v) is 15.4. The van der Waals surface area contributed by atoms with Crippen LogP contribution in [0.2, 0.25) is 0 Å². The van der Waals surface area contributed by atoms with Crippen molar-refractivity contribution >= 4 is 5.91 Å². The van der Waals surface area contributed by atoms with E-state index in [2.05, 4.69) is 41.6 Å². The molecule has 1 atom stereocenters. The van der Waals surface area contributed by atoms with Crippen molar-refractivity contribution in [1.29, 1.82) is 0 Å². The van der Waals surface area contributed by atoms with Gasteiger partial charge in [0.1, 0.15) is 0 Å². The zero-order chi connectivity index (χ0) is 18.4. The highest BCUT2D eigenvalue weighted by Gasteiger charge is 2.17. The third-order valence-electron chi connectivity index (χ3n) is 4.63. The molecule has 4 nitrogen and oxygen atoms in total. The number of hydrogen-bond acceptors (Lipinski definition) is 2. The van der Waals surface area contributed by atoms with Gasteiger partial charge in [-0.25, -0.2) is 0 Å². The number of aromatic nitrogens is 2. The van der Waals surface area contributed by atoms with E-state index in [1.807, 2.05) is 49.8 Å². The fourth-order valence-corrected chi connectivity index (χ4v) is 3.15. The molecular formula is C22H25N3O. The number of nitrogens with one attached hydrogen (secondary N) is 1. The van der Waals surface area contributed by atoms with Gasteiger partial charge in [-0.3, -0.25) is 9.48 Å². The second-order valence-corrected chi connectivity index (χ2v) is 6.51. The Kier molecular flexibility index (Phi) is 5.84. The standard InChI is InChI=1S/C22H25N3O/c1-3-21(19-7-5-4-6-8-19)22(26)23-14-13-17-9-11-18(12-10-17)20-15-24-25(2)16-20/h4-12,15-16,21H,3,13-14H2,1-2H3,(H,23,26). The van der Waals surface area contributed by atoms with Crippen LogP contribution in [-0.2, 0) is 18.3 Å². The molecular weight excluding hydrogens is 322 g/mol. The van der Waals surface area contributed by atoms with Crippen LogP contribution in [0.5, 0.6) is 0 Å². The summed E-state index contributed by atoms with van der Waals surface area (Å²) in [6, 6.07) is 18.4. The minimum absolute atomic E-state index is 0.0795. The summed E-state index contributed by atoms with van der Waals surface area (Å²) in [7, 11) is 1.92. The van der Waals surface area contributed by atoms with Gasteiger partial charge in [0.05, 0.1) is 12.1 Å². The van der Waals surface area contributed by atoms with Crippen LogP contribution in [0.15, 0.2) is 67.0 Å². The van der Waals surface area contributed by atoms with Crippen LogP contribution in [0.3, 0.4) is 0 Å². The molecule has 3 rings (SSSR count). The van der Waals surface area contributed by atoms with Crippen LogP contribution in [0.25, 0.3) is 11.1 Å². The molecule has 0 saturated heterocycles.